The van der Waals surface area contributed by atoms with Crippen LogP contribution in [0.1, 0.15) is 23.7 Å². The first-order chi connectivity index (χ1) is 6.59. The minimum atomic E-state index is -0.940. The first kappa shape index (κ1) is 10.3. The van der Waals surface area contributed by atoms with E-state index in [2.05, 4.69) is 5.32 Å². The molecule has 76 valence electrons. The molecule has 5 nitrogen and oxygen atoms in total. The SMILES string of the molecule is CC(CC(=O)O)NC(=O)c1ccoc1. The summed E-state index contributed by atoms with van der Waals surface area (Å²) in [6.07, 6.45) is 2.60. The molecule has 0 bridgehead atoms. The molecule has 0 saturated carbocycles. The monoisotopic (exact) mass is 197 g/mol. The Bertz CT molecular complexity index is 318. The van der Waals surface area contributed by atoms with Crippen molar-refractivity contribution in [1.82, 2.24) is 5.32 Å². The predicted molar refractivity (Wildman–Crippen MR) is 47.9 cm³/mol. The summed E-state index contributed by atoms with van der Waals surface area (Å²) in [7, 11) is 0. The van der Waals surface area contributed by atoms with E-state index >= 15 is 0 Å². The van der Waals surface area contributed by atoms with Crippen molar-refractivity contribution in [3.05, 3.63) is 24.2 Å². The lowest BCUT2D eigenvalue weighted by atomic mass is 10.2. The van der Waals surface area contributed by atoms with Crippen molar-refractivity contribution in [2.45, 2.75) is 19.4 Å². The fourth-order valence-electron chi connectivity index (χ4n) is 1.01. The molecule has 0 saturated heterocycles. The van der Waals surface area contributed by atoms with Crippen LogP contribution >= 0.6 is 0 Å². The third-order valence-electron chi connectivity index (χ3n) is 1.64. The molecule has 0 aliphatic carbocycles. The molecule has 1 heterocycles. The van der Waals surface area contributed by atoms with Crippen molar-refractivity contribution < 1.29 is 19.1 Å². The third kappa shape index (κ3) is 2.93. The number of hydrogen-bond acceptors (Lipinski definition) is 3. The Balaban J connectivity index is 2.45. The maximum atomic E-state index is 11.3. The van der Waals surface area contributed by atoms with Crippen molar-refractivity contribution >= 4 is 11.9 Å². The second-order valence-corrected chi connectivity index (χ2v) is 2.98. The van der Waals surface area contributed by atoms with Crippen LogP contribution in [0, 0.1) is 0 Å². The average molecular weight is 197 g/mol. The lowest BCUT2D eigenvalue weighted by molar-refractivity contribution is -0.137. The van der Waals surface area contributed by atoms with Gasteiger partial charge in [0.05, 0.1) is 18.2 Å². The molecule has 1 rings (SSSR count). The number of hydrogen-bond donors (Lipinski definition) is 2. The molecule has 1 unspecified atom stereocenters. The first-order valence-electron chi connectivity index (χ1n) is 4.14. The van der Waals surface area contributed by atoms with E-state index in [9.17, 15) is 9.59 Å². The summed E-state index contributed by atoms with van der Waals surface area (Å²) in [4.78, 5) is 21.6. The fraction of sp³-hybridized carbons (Fsp3) is 0.333. The Morgan fingerprint density at radius 3 is 2.86 bits per heavy atom. The van der Waals surface area contributed by atoms with Crippen LogP contribution in [0.25, 0.3) is 0 Å². The lowest BCUT2D eigenvalue weighted by Crippen LogP contribution is -2.33. The number of carbonyl (C=O) groups excluding carboxylic acids is 1. The van der Waals surface area contributed by atoms with Gasteiger partial charge in [-0.25, -0.2) is 0 Å². The van der Waals surface area contributed by atoms with Crippen LogP contribution in [0.4, 0.5) is 0 Å². The summed E-state index contributed by atoms with van der Waals surface area (Å²) in [6.45, 7) is 1.63. The summed E-state index contributed by atoms with van der Waals surface area (Å²) < 4.78 is 4.72. The predicted octanol–water partition coefficient (Wildman–Crippen LogP) is 0.873. The van der Waals surface area contributed by atoms with Gasteiger partial charge >= 0.3 is 5.97 Å². The van der Waals surface area contributed by atoms with Crippen LogP contribution in [-0.4, -0.2) is 23.0 Å². The van der Waals surface area contributed by atoms with Crippen LogP contribution in [0.2, 0.25) is 0 Å². The second-order valence-electron chi connectivity index (χ2n) is 2.98. The number of nitrogens with one attached hydrogen (secondary N) is 1. The molecule has 1 atom stereocenters. The molecular weight excluding hydrogens is 186 g/mol. The number of carboxylic acids is 1. The van der Waals surface area contributed by atoms with Crippen LogP contribution in [-0.2, 0) is 4.79 Å². The minimum absolute atomic E-state index is 0.0937. The fourth-order valence-corrected chi connectivity index (χ4v) is 1.01. The zero-order chi connectivity index (χ0) is 10.6. The van der Waals surface area contributed by atoms with Crippen molar-refractivity contribution in [3.8, 4) is 0 Å². The quantitative estimate of drug-likeness (QED) is 0.750. The van der Waals surface area contributed by atoms with Gasteiger partial charge < -0.3 is 14.8 Å². The molecule has 0 aliphatic rings. The highest BCUT2D eigenvalue weighted by molar-refractivity contribution is 5.94. The third-order valence-corrected chi connectivity index (χ3v) is 1.64. The number of carbonyl (C=O) groups is 2. The maximum absolute atomic E-state index is 11.3. The largest absolute Gasteiger partial charge is 0.481 e. The van der Waals surface area contributed by atoms with Crippen molar-refractivity contribution in [2.24, 2.45) is 0 Å². The van der Waals surface area contributed by atoms with Gasteiger partial charge in [-0.05, 0) is 13.0 Å². The van der Waals surface area contributed by atoms with Gasteiger partial charge in [-0.3, -0.25) is 9.59 Å². The van der Waals surface area contributed by atoms with Crippen LogP contribution in [0.15, 0.2) is 23.0 Å². The molecule has 14 heavy (non-hydrogen) atoms. The normalized spacial score (nSPS) is 12.1. The van der Waals surface area contributed by atoms with E-state index in [4.69, 9.17) is 9.52 Å². The van der Waals surface area contributed by atoms with Gasteiger partial charge in [0.15, 0.2) is 0 Å². The maximum Gasteiger partial charge on any atom is 0.305 e. The highest BCUT2D eigenvalue weighted by Crippen LogP contribution is 2.00. The molecule has 0 aliphatic heterocycles. The van der Waals surface area contributed by atoms with Gasteiger partial charge in [0, 0.05) is 6.04 Å². The van der Waals surface area contributed by atoms with E-state index in [0.717, 1.165) is 0 Å². The minimum Gasteiger partial charge on any atom is -0.481 e. The molecule has 2 N–H and O–H groups in total. The summed E-state index contributed by atoms with van der Waals surface area (Å²) in [5, 5.41) is 11.0. The highest BCUT2D eigenvalue weighted by Gasteiger charge is 2.12. The molecule has 5 heteroatoms. The lowest BCUT2D eigenvalue weighted by Gasteiger charge is -2.09. The molecule has 0 spiro atoms. The van der Waals surface area contributed by atoms with Gasteiger partial charge in [-0.15, -0.1) is 0 Å². The summed E-state index contributed by atoms with van der Waals surface area (Å²) >= 11 is 0. The Morgan fingerprint density at radius 2 is 2.36 bits per heavy atom. The first-order valence-corrected chi connectivity index (χ1v) is 4.14. The Morgan fingerprint density at radius 1 is 1.64 bits per heavy atom. The Labute approximate surface area is 80.7 Å². The van der Waals surface area contributed by atoms with E-state index in [1.165, 1.54) is 18.6 Å². The van der Waals surface area contributed by atoms with Crippen molar-refractivity contribution in [3.63, 3.8) is 0 Å². The molecule has 1 aromatic heterocycles. The van der Waals surface area contributed by atoms with E-state index in [1.54, 1.807) is 6.92 Å². The number of carboxylic acid groups (broad SMARTS) is 1. The van der Waals surface area contributed by atoms with Crippen molar-refractivity contribution in [1.29, 1.82) is 0 Å². The average Bonchev–Trinajstić information content (AvgIpc) is 2.53. The number of aliphatic carboxylic acids is 1. The molecule has 0 aromatic carbocycles. The molecule has 1 aromatic rings. The van der Waals surface area contributed by atoms with Gasteiger partial charge in [0.25, 0.3) is 5.91 Å². The smallest absolute Gasteiger partial charge is 0.305 e. The van der Waals surface area contributed by atoms with Gasteiger partial charge in [-0.1, -0.05) is 0 Å². The van der Waals surface area contributed by atoms with Crippen molar-refractivity contribution in [2.75, 3.05) is 0 Å². The van der Waals surface area contributed by atoms with Gasteiger partial charge in [0.1, 0.15) is 6.26 Å². The van der Waals surface area contributed by atoms with Gasteiger partial charge in [0.2, 0.25) is 0 Å². The van der Waals surface area contributed by atoms with E-state index < -0.39 is 12.0 Å². The Kier molecular flexibility index (Phi) is 3.28. The molecular formula is C9H11NO4. The summed E-state index contributed by atoms with van der Waals surface area (Å²) in [5.41, 5.74) is 0.391. The number of rotatable bonds is 4. The van der Waals surface area contributed by atoms with Crippen LogP contribution < -0.4 is 5.32 Å². The second kappa shape index (κ2) is 4.45. The van der Waals surface area contributed by atoms with E-state index in [1.807, 2.05) is 0 Å². The van der Waals surface area contributed by atoms with Crippen LogP contribution in [0.5, 0.6) is 0 Å². The topological polar surface area (TPSA) is 79.5 Å². The standard InChI is InChI=1S/C9H11NO4/c1-6(4-8(11)12)10-9(13)7-2-3-14-5-7/h2-3,5-6H,4H2,1H3,(H,10,13)(H,11,12). The number of amides is 1. The highest BCUT2D eigenvalue weighted by atomic mass is 16.4. The summed E-state index contributed by atoms with van der Waals surface area (Å²) in [5.74, 6) is -1.27. The molecule has 1 amide bonds. The Hall–Kier alpha value is -1.78. The molecule has 0 fully saturated rings. The number of furan rings is 1. The zero-order valence-corrected chi connectivity index (χ0v) is 7.69. The van der Waals surface area contributed by atoms with E-state index in [0.29, 0.717) is 5.56 Å². The van der Waals surface area contributed by atoms with Crippen LogP contribution in [0.3, 0.4) is 0 Å². The zero-order valence-electron chi connectivity index (χ0n) is 7.69. The van der Waals surface area contributed by atoms with Gasteiger partial charge in [-0.2, -0.15) is 0 Å². The summed E-state index contributed by atoms with van der Waals surface area (Å²) in [6, 6.07) is 1.12. The van der Waals surface area contributed by atoms with E-state index in [-0.39, 0.29) is 12.3 Å². The molecule has 0 radical (unpaired) electrons.